The molecule has 1 spiro atoms. The van der Waals surface area contributed by atoms with Crippen LogP contribution in [0.5, 0.6) is 0 Å². The van der Waals surface area contributed by atoms with Crippen molar-refractivity contribution < 1.29 is 4.74 Å². The van der Waals surface area contributed by atoms with E-state index in [2.05, 4.69) is 34.6 Å². The number of ether oxygens (including phenoxy) is 1. The highest BCUT2D eigenvalue weighted by atomic mass is 32.2. The fourth-order valence-corrected chi connectivity index (χ4v) is 4.84. The van der Waals surface area contributed by atoms with E-state index in [1.54, 1.807) is 0 Å². The molecule has 1 unspecified atom stereocenters. The van der Waals surface area contributed by atoms with E-state index in [1.165, 1.54) is 42.1 Å². The van der Waals surface area contributed by atoms with Crippen LogP contribution in [0.2, 0.25) is 0 Å². The molecule has 100 valence electrons. The molecule has 0 amide bonds. The van der Waals surface area contributed by atoms with Gasteiger partial charge in [0.25, 0.3) is 0 Å². The lowest BCUT2D eigenvalue weighted by Gasteiger charge is -2.43. The van der Waals surface area contributed by atoms with E-state index in [0.717, 1.165) is 13.2 Å². The van der Waals surface area contributed by atoms with Gasteiger partial charge in [-0.1, -0.05) is 6.07 Å². The van der Waals surface area contributed by atoms with Gasteiger partial charge in [0.15, 0.2) is 0 Å². The minimum absolute atomic E-state index is 0.205. The molecule has 2 aliphatic heterocycles. The van der Waals surface area contributed by atoms with Gasteiger partial charge in [0.1, 0.15) is 0 Å². The summed E-state index contributed by atoms with van der Waals surface area (Å²) >= 11 is 3.92. The fourth-order valence-electron chi connectivity index (χ4n) is 2.95. The highest BCUT2D eigenvalue weighted by Gasteiger charge is 2.38. The van der Waals surface area contributed by atoms with Crippen molar-refractivity contribution in [3.8, 4) is 0 Å². The lowest BCUT2D eigenvalue weighted by molar-refractivity contribution is -0.0933. The third-order valence-electron chi connectivity index (χ3n) is 4.04. The molecule has 18 heavy (non-hydrogen) atoms. The van der Waals surface area contributed by atoms with Crippen molar-refractivity contribution in [1.29, 1.82) is 0 Å². The molecule has 2 saturated heterocycles. The summed E-state index contributed by atoms with van der Waals surface area (Å²) in [6, 6.07) is 4.99. The van der Waals surface area contributed by atoms with Crippen molar-refractivity contribution in [3.63, 3.8) is 0 Å². The predicted octanol–water partition coefficient (Wildman–Crippen LogP) is 3.28. The zero-order valence-electron chi connectivity index (χ0n) is 10.7. The van der Waals surface area contributed by atoms with Gasteiger partial charge in [-0.15, -0.1) is 11.3 Å². The Morgan fingerprint density at radius 3 is 3.06 bits per heavy atom. The molecule has 4 heteroatoms. The van der Waals surface area contributed by atoms with Crippen molar-refractivity contribution >= 4 is 23.1 Å². The normalized spacial score (nSPS) is 27.4. The lowest BCUT2D eigenvalue weighted by atomic mass is 9.85. The Kier molecular flexibility index (Phi) is 4.29. The second-order valence-electron chi connectivity index (χ2n) is 5.29. The quantitative estimate of drug-likeness (QED) is 0.920. The first-order chi connectivity index (χ1) is 8.86. The van der Waals surface area contributed by atoms with Gasteiger partial charge in [0.2, 0.25) is 0 Å². The van der Waals surface area contributed by atoms with Gasteiger partial charge in [-0.2, -0.15) is 11.8 Å². The third kappa shape index (κ3) is 3.10. The van der Waals surface area contributed by atoms with Crippen LogP contribution in [-0.4, -0.2) is 29.8 Å². The maximum Gasteiger partial charge on any atom is 0.0713 e. The smallest absolute Gasteiger partial charge is 0.0713 e. The molecule has 1 aromatic heterocycles. The molecule has 0 radical (unpaired) electrons. The zero-order valence-corrected chi connectivity index (χ0v) is 12.3. The maximum absolute atomic E-state index is 6.12. The summed E-state index contributed by atoms with van der Waals surface area (Å²) in [5, 5.41) is 5.87. The molecular formula is C14H21NOS2. The van der Waals surface area contributed by atoms with Crippen molar-refractivity contribution in [2.24, 2.45) is 0 Å². The van der Waals surface area contributed by atoms with Gasteiger partial charge >= 0.3 is 0 Å². The molecule has 0 saturated carbocycles. The van der Waals surface area contributed by atoms with Gasteiger partial charge in [-0.05, 0) is 48.6 Å². The Balaban J connectivity index is 1.53. The fraction of sp³-hybridized carbons (Fsp3) is 0.714. The summed E-state index contributed by atoms with van der Waals surface area (Å²) in [6.07, 6.45) is 4.86. The molecule has 1 aromatic rings. The topological polar surface area (TPSA) is 21.3 Å². The molecule has 3 rings (SSSR count). The summed E-state index contributed by atoms with van der Waals surface area (Å²) in [4.78, 5) is 1.44. The zero-order chi connectivity index (χ0) is 12.3. The van der Waals surface area contributed by atoms with Crippen molar-refractivity contribution in [2.75, 3.05) is 18.1 Å². The molecule has 1 N–H and O–H groups in total. The van der Waals surface area contributed by atoms with Crippen LogP contribution < -0.4 is 5.32 Å². The maximum atomic E-state index is 6.12. The van der Waals surface area contributed by atoms with Crippen LogP contribution in [0, 0.1) is 0 Å². The van der Waals surface area contributed by atoms with E-state index >= 15 is 0 Å². The number of hydrogen-bond donors (Lipinski definition) is 1. The van der Waals surface area contributed by atoms with Crippen LogP contribution in [0.15, 0.2) is 17.5 Å². The molecule has 1 atom stereocenters. The Morgan fingerprint density at radius 1 is 1.39 bits per heavy atom. The first kappa shape index (κ1) is 13.0. The highest BCUT2D eigenvalue weighted by Crippen LogP contribution is 2.37. The van der Waals surface area contributed by atoms with E-state index in [-0.39, 0.29) is 5.60 Å². The van der Waals surface area contributed by atoms with Gasteiger partial charge in [-0.25, -0.2) is 0 Å². The summed E-state index contributed by atoms with van der Waals surface area (Å²) in [7, 11) is 0. The second-order valence-corrected chi connectivity index (χ2v) is 7.55. The third-order valence-corrected chi connectivity index (χ3v) is 5.90. The van der Waals surface area contributed by atoms with E-state index in [0.29, 0.717) is 6.04 Å². The Bertz CT molecular complexity index is 354. The number of hydrogen-bond acceptors (Lipinski definition) is 4. The SMILES string of the molecule is c1csc(CNC2CCOC3(CCSCC3)C2)c1. The minimum Gasteiger partial charge on any atom is -0.375 e. The molecule has 0 bridgehead atoms. The first-order valence-electron chi connectivity index (χ1n) is 6.84. The van der Waals surface area contributed by atoms with E-state index in [1.807, 2.05) is 11.3 Å². The van der Waals surface area contributed by atoms with E-state index in [4.69, 9.17) is 4.74 Å². The summed E-state index contributed by atoms with van der Waals surface area (Å²) in [5.74, 6) is 2.55. The summed E-state index contributed by atoms with van der Waals surface area (Å²) < 4.78 is 6.12. The average Bonchev–Trinajstić information content (AvgIpc) is 2.91. The average molecular weight is 283 g/mol. The van der Waals surface area contributed by atoms with Crippen LogP contribution >= 0.6 is 23.1 Å². The Morgan fingerprint density at radius 2 is 2.28 bits per heavy atom. The van der Waals surface area contributed by atoms with Gasteiger partial charge in [-0.3, -0.25) is 0 Å². The molecule has 2 fully saturated rings. The standard InChI is InChI=1S/C14H21NOS2/c1-2-13(18-7-1)11-15-12-3-6-16-14(10-12)4-8-17-9-5-14/h1-2,7,12,15H,3-6,8-11H2. The monoisotopic (exact) mass is 283 g/mol. The van der Waals surface area contributed by atoms with Crippen LogP contribution in [0.25, 0.3) is 0 Å². The minimum atomic E-state index is 0.205. The van der Waals surface area contributed by atoms with E-state index < -0.39 is 0 Å². The molecule has 2 nitrogen and oxygen atoms in total. The van der Waals surface area contributed by atoms with Crippen LogP contribution in [0.4, 0.5) is 0 Å². The van der Waals surface area contributed by atoms with Crippen LogP contribution in [-0.2, 0) is 11.3 Å². The van der Waals surface area contributed by atoms with Gasteiger partial charge in [0.05, 0.1) is 5.60 Å². The van der Waals surface area contributed by atoms with Crippen molar-refractivity contribution in [1.82, 2.24) is 5.32 Å². The Hall–Kier alpha value is -0.0300. The largest absolute Gasteiger partial charge is 0.375 e. The summed E-state index contributed by atoms with van der Waals surface area (Å²) in [6.45, 7) is 1.96. The second kappa shape index (κ2) is 5.95. The first-order valence-corrected chi connectivity index (χ1v) is 8.87. The molecule has 0 aromatic carbocycles. The number of thioether (sulfide) groups is 1. The molecule has 3 heterocycles. The number of nitrogens with one attached hydrogen (secondary N) is 1. The number of thiophene rings is 1. The van der Waals surface area contributed by atoms with E-state index in [9.17, 15) is 0 Å². The molecule has 0 aliphatic carbocycles. The van der Waals surface area contributed by atoms with Crippen molar-refractivity contribution in [3.05, 3.63) is 22.4 Å². The van der Waals surface area contributed by atoms with Gasteiger partial charge in [0, 0.05) is 24.1 Å². The highest BCUT2D eigenvalue weighted by molar-refractivity contribution is 7.99. The lowest BCUT2D eigenvalue weighted by Crippen LogP contribution is -2.48. The molecule has 2 aliphatic rings. The van der Waals surface area contributed by atoms with Gasteiger partial charge < -0.3 is 10.1 Å². The number of rotatable bonds is 3. The van der Waals surface area contributed by atoms with Crippen LogP contribution in [0.3, 0.4) is 0 Å². The predicted molar refractivity (Wildman–Crippen MR) is 79.4 cm³/mol. The van der Waals surface area contributed by atoms with Crippen LogP contribution in [0.1, 0.15) is 30.6 Å². The Labute approximate surface area is 117 Å². The summed E-state index contributed by atoms with van der Waals surface area (Å²) in [5.41, 5.74) is 0.205. The van der Waals surface area contributed by atoms with Crippen molar-refractivity contribution in [2.45, 2.75) is 43.9 Å². The molecular weight excluding hydrogens is 262 g/mol.